The fraction of sp³-hybridized carbons (Fsp3) is 0.125. The Bertz CT molecular complexity index is 1220. The standard InChI is InChI=1S/C24H18BrN3O2S/c25-20-6-1-2-7-21(20)31-22-11-15(8-9-17(22)13-26)18-12-23(29)28(14-18)19-5-3-4-16(10-19)24(27)30/h1-11,18H,12,14H2,(H2,27,30)/t18-/m0/s1. The summed E-state index contributed by atoms with van der Waals surface area (Å²) in [7, 11) is 0. The lowest BCUT2D eigenvalue weighted by atomic mass is 9.97. The molecule has 0 spiro atoms. The van der Waals surface area contributed by atoms with Gasteiger partial charge in [0.05, 0.1) is 5.56 Å². The predicted octanol–water partition coefficient (Wildman–Crippen LogP) is 5.09. The number of anilines is 1. The summed E-state index contributed by atoms with van der Waals surface area (Å²) in [5.74, 6) is -0.530. The van der Waals surface area contributed by atoms with Gasteiger partial charge in [-0.25, -0.2) is 0 Å². The molecule has 1 aliphatic rings. The number of halogens is 1. The number of carbonyl (C=O) groups excluding carboxylic acids is 2. The van der Waals surface area contributed by atoms with Crippen molar-refractivity contribution in [2.24, 2.45) is 5.73 Å². The van der Waals surface area contributed by atoms with Crippen molar-refractivity contribution >= 4 is 45.2 Å². The maximum absolute atomic E-state index is 12.7. The molecule has 0 aromatic heterocycles. The van der Waals surface area contributed by atoms with E-state index in [1.54, 1.807) is 29.2 Å². The summed E-state index contributed by atoms with van der Waals surface area (Å²) in [6.07, 6.45) is 0.367. The van der Waals surface area contributed by atoms with Crippen molar-refractivity contribution in [1.29, 1.82) is 5.26 Å². The maximum Gasteiger partial charge on any atom is 0.248 e. The molecule has 0 unspecified atom stereocenters. The van der Waals surface area contributed by atoms with Gasteiger partial charge in [-0.3, -0.25) is 9.59 Å². The molecule has 0 bridgehead atoms. The molecule has 3 aromatic rings. The predicted molar refractivity (Wildman–Crippen MR) is 124 cm³/mol. The number of nitriles is 1. The van der Waals surface area contributed by atoms with Crippen LogP contribution in [0.3, 0.4) is 0 Å². The van der Waals surface area contributed by atoms with Crippen LogP contribution in [0.5, 0.6) is 0 Å². The van der Waals surface area contributed by atoms with Crippen LogP contribution < -0.4 is 10.6 Å². The van der Waals surface area contributed by atoms with E-state index in [1.807, 2.05) is 42.5 Å². The molecule has 2 amide bonds. The highest BCUT2D eigenvalue weighted by atomic mass is 79.9. The second-order valence-corrected chi connectivity index (χ2v) is 9.16. The molecule has 1 aliphatic heterocycles. The molecule has 31 heavy (non-hydrogen) atoms. The van der Waals surface area contributed by atoms with Crippen molar-refractivity contribution in [3.05, 3.63) is 87.9 Å². The van der Waals surface area contributed by atoms with E-state index in [9.17, 15) is 14.9 Å². The zero-order valence-corrected chi connectivity index (χ0v) is 18.8. The van der Waals surface area contributed by atoms with Gasteiger partial charge in [0.15, 0.2) is 0 Å². The molecule has 7 heteroatoms. The summed E-state index contributed by atoms with van der Waals surface area (Å²) < 4.78 is 0.964. The first-order valence-corrected chi connectivity index (χ1v) is 11.2. The third kappa shape index (κ3) is 4.50. The van der Waals surface area contributed by atoms with E-state index in [-0.39, 0.29) is 11.8 Å². The summed E-state index contributed by atoms with van der Waals surface area (Å²) >= 11 is 5.08. The quantitative estimate of drug-likeness (QED) is 0.538. The molecule has 0 radical (unpaired) electrons. The Morgan fingerprint density at radius 2 is 1.90 bits per heavy atom. The molecular weight excluding hydrogens is 474 g/mol. The fourth-order valence-corrected chi connectivity index (χ4v) is 5.12. The van der Waals surface area contributed by atoms with E-state index in [0.29, 0.717) is 29.8 Å². The number of nitrogens with zero attached hydrogens (tertiary/aromatic N) is 2. The van der Waals surface area contributed by atoms with Gasteiger partial charge >= 0.3 is 0 Å². The van der Waals surface area contributed by atoms with Gasteiger partial charge in [-0.1, -0.05) is 36.0 Å². The molecule has 1 saturated heterocycles. The number of hydrogen-bond donors (Lipinski definition) is 1. The number of rotatable bonds is 5. The molecule has 1 atom stereocenters. The summed E-state index contributed by atoms with van der Waals surface area (Å²) in [6.45, 7) is 0.506. The van der Waals surface area contributed by atoms with E-state index >= 15 is 0 Å². The third-order valence-electron chi connectivity index (χ3n) is 5.22. The topological polar surface area (TPSA) is 87.2 Å². The number of benzene rings is 3. The van der Waals surface area contributed by atoms with Crippen molar-refractivity contribution in [2.75, 3.05) is 11.4 Å². The van der Waals surface area contributed by atoms with E-state index < -0.39 is 5.91 Å². The Morgan fingerprint density at radius 1 is 1.10 bits per heavy atom. The number of primary amides is 1. The van der Waals surface area contributed by atoms with Crippen LogP contribution in [0.4, 0.5) is 5.69 Å². The summed E-state index contributed by atoms with van der Waals surface area (Å²) in [5.41, 5.74) is 8.03. The van der Waals surface area contributed by atoms with E-state index in [1.165, 1.54) is 11.8 Å². The second-order valence-electron chi connectivity index (χ2n) is 7.22. The highest BCUT2D eigenvalue weighted by molar-refractivity contribution is 9.10. The average Bonchev–Trinajstić information content (AvgIpc) is 3.17. The molecule has 2 N–H and O–H groups in total. The van der Waals surface area contributed by atoms with E-state index in [2.05, 4.69) is 22.0 Å². The molecule has 5 nitrogen and oxygen atoms in total. The van der Waals surface area contributed by atoms with Gasteiger partial charge in [-0.15, -0.1) is 0 Å². The zero-order valence-electron chi connectivity index (χ0n) is 16.4. The Morgan fingerprint density at radius 3 is 2.65 bits per heavy atom. The number of carbonyl (C=O) groups is 2. The Balaban J connectivity index is 1.61. The SMILES string of the molecule is N#Cc1ccc([C@H]2CC(=O)N(c3cccc(C(N)=O)c3)C2)cc1Sc1ccccc1Br. The van der Waals surface area contributed by atoms with Gasteiger partial charge in [0.1, 0.15) is 6.07 Å². The molecular formula is C24H18BrN3O2S. The molecule has 1 heterocycles. The van der Waals surface area contributed by atoms with E-state index in [0.717, 1.165) is 19.8 Å². The van der Waals surface area contributed by atoms with Gasteiger partial charge in [-0.2, -0.15) is 5.26 Å². The average molecular weight is 492 g/mol. The van der Waals surface area contributed by atoms with Crippen LogP contribution >= 0.6 is 27.7 Å². The molecule has 1 fully saturated rings. The molecule has 154 valence electrons. The minimum atomic E-state index is -0.522. The highest BCUT2D eigenvalue weighted by Crippen LogP contribution is 2.38. The number of amides is 2. The molecule has 4 rings (SSSR count). The first-order chi connectivity index (χ1) is 15.0. The normalized spacial score (nSPS) is 15.7. The Labute approximate surface area is 193 Å². The monoisotopic (exact) mass is 491 g/mol. The van der Waals surface area contributed by atoms with Crippen LogP contribution in [0, 0.1) is 11.3 Å². The number of hydrogen-bond acceptors (Lipinski definition) is 4. The Kier molecular flexibility index (Phi) is 6.12. The van der Waals surface area contributed by atoms with Crippen molar-refractivity contribution < 1.29 is 9.59 Å². The summed E-state index contributed by atoms with van der Waals surface area (Å²) in [6, 6.07) is 22.7. The fourth-order valence-electron chi connectivity index (χ4n) is 3.62. The van der Waals surface area contributed by atoms with E-state index in [4.69, 9.17) is 5.73 Å². The minimum absolute atomic E-state index is 0.00367. The largest absolute Gasteiger partial charge is 0.366 e. The van der Waals surface area contributed by atoms with Crippen LogP contribution in [-0.4, -0.2) is 18.4 Å². The van der Waals surface area contributed by atoms with Gasteiger partial charge < -0.3 is 10.6 Å². The molecule has 3 aromatic carbocycles. The van der Waals surface area contributed by atoms with Gasteiger partial charge in [0.25, 0.3) is 0 Å². The third-order valence-corrected chi connectivity index (χ3v) is 7.31. The number of nitrogens with two attached hydrogens (primary N) is 1. The van der Waals surface area contributed by atoms with Crippen LogP contribution in [0.15, 0.2) is 81.0 Å². The van der Waals surface area contributed by atoms with Gasteiger partial charge in [-0.05, 0) is 64.0 Å². The molecule has 0 saturated carbocycles. The van der Waals surface area contributed by atoms with Crippen molar-refractivity contribution in [3.8, 4) is 6.07 Å². The smallest absolute Gasteiger partial charge is 0.248 e. The lowest BCUT2D eigenvalue weighted by Gasteiger charge is -2.18. The lowest BCUT2D eigenvalue weighted by Crippen LogP contribution is -2.24. The van der Waals surface area contributed by atoms with Crippen molar-refractivity contribution in [2.45, 2.75) is 22.1 Å². The highest BCUT2D eigenvalue weighted by Gasteiger charge is 2.32. The first kappa shape index (κ1) is 21.2. The van der Waals surface area contributed by atoms with Crippen LogP contribution in [0.25, 0.3) is 0 Å². The van der Waals surface area contributed by atoms with Crippen LogP contribution in [0.1, 0.15) is 33.8 Å². The Hall–Kier alpha value is -3.08. The van der Waals surface area contributed by atoms with Crippen molar-refractivity contribution in [3.63, 3.8) is 0 Å². The summed E-state index contributed by atoms with van der Waals surface area (Å²) in [5, 5.41) is 9.55. The molecule has 0 aliphatic carbocycles. The van der Waals surface area contributed by atoms with Crippen LogP contribution in [-0.2, 0) is 4.79 Å². The van der Waals surface area contributed by atoms with Gasteiger partial charge in [0, 0.05) is 44.4 Å². The van der Waals surface area contributed by atoms with Crippen LogP contribution in [0.2, 0.25) is 0 Å². The second kappa shape index (κ2) is 8.96. The summed E-state index contributed by atoms with van der Waals surface area (Å²) in [4.78, 5) is 27.8. The zero-order chi connectivity index (χ0) is 22.0. The lowest BCUT2D eigenvalue weighted by molar-refractivity contribution is -0.117. The van der Waals surface area contributed by atoms with Crippen molar-refractivity contribution in [1.82, 2.24) is 0 Å². The van der Waals surface area contributed by atoms with Gasteiger partial charge in [0.2, 0.25) is 11.8 Å². The maximum atomic E-state index is 12.7. The minimum Gasteiger partial charge on any atom is -0.366 e. The first-order valence-electron chi connectivity index (χ1n) is 9.63.